The van der Waals surface area contributed by atoms with Gasteiger partial charge in [-0.3, -0.25) is 14.4 Å². The van der Waals surface area contributed by atoms with Crippen LogP contribution in [0.15, 0.2) is 42.5 Å². The van der Waals surface area contributed by atoms with Crippen molar-refractivity contribution < 1.29 is 23.5 Å². The van der Waals surface area contributed by atoms with Crippen LogP contribution in [0.25, 0.3) is 0 Å². The van der Waals surface area contributed by atoms with Crippen molar-refractivity contribution in [3.8, 4) is 5.75 Å². The standard InChI is InChI=1S/C21H23ClFN3O4/c1-12(27)25-18(10-13-3-6-15(23)7-4-13)21(29)26-17(20(24)28)11-14-5-8-19(30-2)16(22)9-14/h3-9,17-18H,10-11H2,1-2H3,(H2,24,28)(H,25,27)(H,26,29)/t17-,18-/m0/s1. The summed E-state index contributed by atoms with van der Waals surface area (Å²) < 4.78 is 18.2. The Bertz CT molecular complexity index is 921. The highest BCUT2D eigenvalue weighted by Crippen LogP contribution is 2.25. The van der Waals surface area contributed by atoms with Gasteiger partial charge in [0.05, 0.1) is 12.1 Å². The number of methoxy groups -OCH3 is 1. The van der Waals surface area contributed by atoms with E-state index in [1.165, 1.54) is 38.3 Å². The second-order valence-electron chi connectivity index (χ2n) is 6.72. The summed E-state index contributed by atoms with van der Waals surface area (Å²) in [5, 5.41) is 5.47. The van der Waals surface area contributed by atoms with E-state index in [9.17, 15) is 18.8 Å². The minimum Gasteiger partial charge on any atom is -0.495 e. The fourth-order valence-electron chi connectivity index (χ4n) is 2.88. The van der Waals surface area contributed by atoms with Gasteiger partial charge in [0.2, 0.25) is 17.7 Å². The second-order valence-corrected chi connectivity index (χ2v) is 7.13. The van der Waals surface area contributed by atoms with E-state index in [1.807, 2.05) is 0 Å². The van der Waals surface area contributed by atoms with Gasteiger partial charge >= 0.3 is 0 Å². The summed E-state index contributed by atoms with van der Waals surface area (Å²) in [7, 11) is 1.48. The number of hydrogen-bond acceptors (Lipinski definition) is 4. The van der Waals surface area contributed by atoms with E-state index in [0.29, 0.717) is 21.9 Å². The van der Waals surface area contributed by atoms with Crippen molar-refractivity contribution in [2.24, 2.45) is 5.73 Å². The lowest BCUT2D eigenvalue weighted by Crippen LogP contribution is -2.54. The number of carbonyl (C=O) groups excluding carboxylic acids is 3. The molecule has 0 spiro atoms. The summed E-state index contributed by atoms with van der Waals surface area (Å²) in [5.74, 6) is -1.68. The van der Waals surface area contributed by atoms with Gasteiger partial charge in [-0.25, -0.2) is 4.39 Å². The number of primary amides is 1. The van der Waals surface area contributed by atoms with Gasteiger partial charge in [-0.1, -0.05) is 29.8 Å². The third-order valence-electron chi connectivity index (χ3n) is 4.36. The molecule has 0 saturated heterocycles. The van der Waals surface area contributed by atoms with E-state index in [2.05, 4.69) is 10.6 Å². The Morgan fingerprint density at radius 3 is 2.17 bits per heavy atom. The number of hydrogen-bond donors (Lipinski definition) is 3. The molecule has 4 N–H and O–H groups in total. The third-order valence-corrected chi connectivity index (χ3v) is 4.66. The molecule has 7 nitrogen and oxygen atoms in total. The predicted molar refractivity (Wildman–Crippen MR) is 111 cm³/mol. The van der Waals surface area contributed by atoms with E-state index < -0.39 is 35.6 Å². The molecular weight excluding hydrogens is 413 g/mol. The van der Waals surface area contributed by atoms with Crippen LogP contribution in [0.5, 0.6) is 5.75 Å². The maximum absolute atomic E-state index is 13.1. The monoisotopic (exact) mass is 435 g/mol. The minimum atomic E-state index is -1.02. The maximum atomic E-state index is 13.1. The number of amides is 3. The predicted octanol–water partition coefficient (Wildman–Crippen LogP) is 1.75. The van der Waals surface area contributed by atoms with Crippen LogP contribution >= 0.6 is 11.6 Å². The molecule has 0 heterocycles. The molecule has 0 bridgehead atoms. The largest absolute Gasteiger partial charge is 0.495 e. The van der Waals surface area contributed by atoms with Crippen molar-refractivity contribution >= 4 is 29.3 Å². The van der Waals surface area contributed by atoms with Crippen molar-refractivity contribution in [2.75, 3.05) is 7.11 Å². The second kappa shape index (κ2) is 10.6. The Kier molecular flexibility index (Phi) is 8.17. The highest BCUT2D eigenvalue weighted by molar-refractivity contribution is 6.32. The quantitative estimate of drug-likeness (QED) is 0.557. The Hall–Kier alpha value is -3.13. The van der Waals surface area contributed by atoms with Gasteiger partial charge in [-0.05, 0) is 35.4 Å². The SMILES string of the molecule is COc1ccc(C[C@H](NC(=O)[C@H](Cc2ccc(F)cc2)NC(C)=O)C(N)=O)cc1Cl. The molecule has 0 saturated carbocycles. The van der Waals surface area contributed by atoms with Gasteiger partial charge in [0, 0.05) is 19.8 Å². The fourth-order valence-corrected chi connectivity index (χ4v) is 3.16. The number of halogens is 2. The zero-order valence-electron chi connectivity index (χ0n) is 16.6. The molecule has 0 radical (unpaired) electrons. The van der Waals surface area contributed by atoms with Crippen LogP contribution < -0.4 is 21.1 Å². The third kappa shape index (κ3) is 6.73. The zero-order valence-corrected chi connectivity index (χ0v) is 17.3. The molecule has 9 heteroatoms. The van der Waals surface area contributed by atoms with Crippen molar-refractivity contribution in [1.82, 2.24) is 10.6 Å². The van der Waals surface area contributed by atoms with Gasteiger partial charge < -0.3 is 21.1 Å². The first-order valence-electron chi connectivity index (χ1n) is 9.13. The number of carbonyl (C=O) groups is 3. The molecule has 160 valence electrons. The Morgan fingerprint density at radius 2 is 1.63 bits per heavy atom. The summed E-state index contributed by atoms with van der Waals surface area (Å²) in [6.45, 7) is 1.27. The van der Waals surface area contributed by atoms with E-state index >= 15 is 0 Å². The summed E-state index contributed by atoms with van der Waals surface area (Å²) in [4.78, 5) is 36.2. The van der Waals surface area contributed by atoms with E-state index in [1.54, 1.807) is 18.2 Å². The van der Waals surface area contributed by atoms with Crippen LogP contribution in [0.3, 0.4) is 0 Å². The Labute approximate surface area is 178 Å². The van der Waals surface area contributed by atoms with E-state index in [0.717, 1.165) is 0 Å². The summed E-state index contributed by atoms with van der Waals surface area (Å²) in [6, 6.07) is 8.54. The molecule has 3 amide bonds. The number of nitrogens with two attached hydrogens (primary N) is 1. The van der Waals surface area contributed by atoms with Crippen molar-refractivity contribution in [2.45, 2.75) is 31.8 Å². The lowest BCUT2D eigenvalue weighted by Gasteiger charge is -2.22. The van der Waals surface area contributed by atoms with Crippen molar-refractivity contribution in [3.05, 3.63) is 64.4 Å². The normalized spacial score (nSPS) is 12.5. The number of ether oxygens (including phenoxy) is 1. The van der Waals surface area contributed by atoms with Crippen LogP contribution in [0, 0.1) is 5.82 Å². The molecule has 2 rings (SSSR count). The summed E-state index contributed by atoms with van der Waals surface area (Å²) in [6.07, 6.45) is 0.222. The Balaban J connectivity index is 2.14. The molecular formula is C21H23ClFN3O4. The van der Waals surface area contributed by atoms with Crippen molar-refractivity contribution in [3.63, 3.8) is 0 Å². The van der Waals surface area contributed by atoms with Crippen LogP contribution in [0.2, 0.25) is 5.02 Å². The van der Waals surface area contributed by atoms with E-state index in [4.69, 9.17) is 22.1 Å². The molecule has 0 aliphatic carbocycles. The molecule has 30 heavy (non-hydrogen) atoms. The first-order chi connectivity index (χ1) is 14.2. The lowest BCUT2D eigenvalue weighted by molar-refractivity contribution is -0.130. The molecule has 0 aliphatic rings. The van der Waals surface area contributed by atoms with Gasteiger partial charge in [0.1, 0.15) is 23.7 Å². The van der Waals surface area contributed by atoms with Gasteiger partial charge in [0.15, 0.2) is 0 Å². The zero-order chi connectivity index (χ0) is 22.3. The highest BCUT2D eigenvalue weighted by atomic mass is 35.5. The van der Waals surface area contributed by atoms with Gasteiger partial charge in [-0.2, -0.15) is 0 Å². The van der Waals surface area contributed by atoms with Crippen LogP contribution in [0.1, 0.15) is 18.1 Å². The number of rotatable bonds is 9. The lowest BCUT2D eigenvalue weighted by atomic mass is 10.0. The molecule has 0 aromatic heterocycles. The summed E-state index contributed by atoms with van der Waals surface area (Å²) in [5.41, 5.74) is 6.76. The van der Waals surface area contributed by atoms with Gasteiger partial charge in [0.25, 0.3) is 0 Å². The van der Waals surface area contributed by atoms with Crippen LogP contribution in [-0.4, -0.2) is 36.9 Å². The van der Waals surface area contributed by atoms with Gasteiger partial charge in [-0.15, -0.1) is 0 Å². The van der Waals surface area contributed by atoms with Crippen LogP contribution in [-0.2, 0) is 27.2 Å². The fraction of sp³-hybridized carbons (Fsp3) is 0.286. The topological polar surface area (TPSA) is 111 Å². The molecule has 0 fully saturated rings. The number of nitrogens with one attached hydrogen (secondary N) is 2. The average molecular weight is 436 g/mol. The molecule has 0 unspecified atom stereocenters. The maximum Gasteiger partial charge on any atom is 0.243 e. The Morgan fingerprint density at radius 1 is 1.03 bits per heavy atom. The average Bonchev–Trinajstić information content (AvgIpc) is 2.68. The van der Waals surface area contributed by atoms with E-state index in [-0.39, 0.29) is 12.8 Å². The summed E-state index contributed by atoms with van der Waals surface area (Å²) >= 11 is 6.10. The number of benzene rings is 2. The molecule has 2 aromatic rings. The molecule has 2 atom stereocenters. The molecule has 0 aliphatic heterocycles. The first-order valence-corrected chi connectivity index (χ1v) is 9.51. The first kappa shape index (κ1) is 23.2. The smallest absolute Gasteiger partial charge is 0.243 e. The molecule has 2 aromatic carbocycles. The minimum absolute atomic E-state index is 0.105. The highest BCUT2D eigenvalue weighted by Gasteiger charge is 2.25. The van der Waals surface area contributed by atoms with Crippen molar-refractivity contribution in [1.29, 1.82) is 0 Å². The van der Waals surface area contributed by atoms with Crippen LogP contribution in [0.4, 0.5) is 4.39 Å².